The molecule has 1 aromatic carbocycles. The highest BCUT2D eigenvalue weighted by atomic mass is 32.2. The van der Waals surface area contributed by atoms with E-state index < -0.39 is 10.1 Å². The van der Waals surface area contributed by atoms with Crippen LogP contribution in [0.15, 0.2) is 29.2 Å². The fraction of sp³-hybridized carbons (Fsp3) is 0.455. The molecule has 1 fully saturated rings. The highest BCUT2D eigenvalue weighted by Crippen LogP contribution is 2.35. The van der Waals surface area contributed by atoms with Crippen molar-refractivity contribution in [3.8, 4) is 0 Å². The minimum absolute atomic E-state index is 0.0198. The van der Waals surface area contributed by atoms with E-state index in [1.807, 2.05) is 6.92 Å². The molecule has 0 heterocycles. The summed E-state index contributed by atoms with van der Waals surface area (Å²) in [6, 6.07) is 6.52. The van der Waals surface area contributed by atoms with Gasteiger partial charge < -0.3 is 5.11 Å². The van der Waals surface area contributed by atoms with E-state index in [0.717, 1.165) is 5.56 Å². The Hall–Kier alpha value is -0.910. The van der Waals surface area contributed by atoms with Crippen LogP contribution in [0, 0.1) is 12.8 Å². The van der Waals surface area contributed by atoms with Crippen LogP contribution in [-0.4, -0.2) is 26.2 Å². The van der Waals surface area contributed by atoms with Crippen molar-refractivity contribution in [1.29, 1.82) is 0 Å². The summed E-state index contributed by atoms with van der Waals surface area (Å²) >= 11 is 0. The van der Waals surface area contributed by atoms with Crippen molar-refractivity contribution in [1.82, 2.24) is 0 Å². The third-order valence-electron chi connectivity index (χ3n) is 2.65. The van der Waals surface area contributed by atoms with E-state index in [2.05, 4.69) is 0 Å². The normalized spacial score (nSPS) is 24.4. The molecule has 1 unspecified atom stereocenters. The van der Waals surface area contributed by atoms with E-state index in [1.165, 1.54) is 12.1 Å². The zero-order valence-corrected chi connectivity index (χ0v) is 9.78. The Kier molecular flexibility index (Phi) is 3.01. The van der Waals surface area contributed by atoms with Gasteiger partial charge in [-0.2, -0.15) is 8.42 Å². The molecule has 1 aliphatic rings. The van der Waals surface area contributed by atoms with Gasteiger partial charge in [0.05, 0.1) is 11.0 Å². The Labute approximate surface area is 95.0 Å². The molecule has 16 heavy (non-hydrogen) atoms. The summed E-state index contributed by atoms with van der Waals surface area (Å²) in [6.45, 7) is 1.87. The summed E-state index contributed by atoms with van der Waals surface area (Å²) in [5.74, 6) is -0.0276. The lowest BCUT2D eigenvalue weighted by Crippen LogP contribution is -2.10. The molecule has 2 rings (SSSR count). The second-order valence-corrected chi connectivity index (χ2v) is 5.65. The lowest BCUT2D eigenvalue weighted by molar-refractivity contribution is 0.228. The minimum atomic E-state index is -3.67. The summed E-state index contributed by atoms with van der Waals surface area (Å²) in [5.41, 5.74) is 0.999. The Balaban J connectivity index is 2.10. The fourth-order valence-corrected chi connectivity index (χ4v) is 2.59. The van der Waals surface area contributed by atoms with E-state index in [0.29, 0.717) is 6.42 Å². The first-order valence-corrected chi connectivity index (χ1v) is 6.54. The summed E-state index contributed by atoms with van der Waals surface area (Å²) < 4.78 is 28.5. The van der Waals surface area contributed by atoms with Gasteiger partial charge in [-0.05, 0) is 25.5 Å². The number of aryl methyl sites for hydroxylation is 1. The fourth-order valence-electron chi connectivity index (χ4n) is 1.45. The number of rotatable bonds is 4. The number of hydrogen-bond acceptors (Lipinski definition) is 4. The average Bonchev–Trinajstić information content (AvgIpc) is 2.96. The van der Waals surface area contributed by atoms with Crippen LogP contribution in [0.4, 0.5) is 0 Å². The van der Waals surface area contributed by atoms with Gasteiger partial charge in [-0.25, -0.2) is 0 Å². The maximum atomic E-state index is 11.8. The number of benzene rings is 1. The summed E-state index contributed by atoms with van der Waals surface area (Å²) in [4.78, 5) is 0.168. The van der Waals surface area contributed by atoms with Gasteiger partial charge in [0.25, 0.3) is 10.1 Å². The average molecular weight is 242 g/mol. The van der Waals surface area contributed by atoms with E-state index in [9.17, 15) is 8.42 Å². The SMILES string of the molecule is Cc1ccc(S(=O)(=O)O[C@H]2CC2CO)cc1. The largest absolute Gasteiger partial charge is 0.396 e. The van der Waals surface area contributed by atoms with Crippen LogP contribution in [0.5, 0.6) is 0 Å². The van der Waals surface area contributed by atoms with Gasteiger partial charge in [0.2, 0.25) is 0 Å². The zero-order chi connectivity index (χ0) is 11.8. The topological polar surface area (TPSA) is 63.6 Å². The molecule has 0 aliphatic heterocycles. The maximum Gasteiger partial charge on any atom is 0.297 e. The molecular weight excluding hydrogens is 228 g/mol. The molecule has 1 aromatic rings. The van der Waals surface area contributed by atoms with E-state index in [-0.39, 0.29) is 23.5 Å². The lowest BCUT2D eigenvalue weighted by Gasteiger charge is -2.04. The molecule has 0 amide bonds. The second-order valence-electron chi connectivity index (χ2n) is 4.08. The number of hydrogen-bond donors (Lipinski definition) is 1. The molecule has 2 atom stereocenters. The van der Waals surface area contributed by atoms with Crippen molar-refractivity contribution in [3.63, 3.8) is 0 Å². The third-order valence-corrected chi connectivity index (χ3v) is 4.00. The zero-order valence-electron chi connectivity index (χ0n) is 8.96. The van der Waals surface area contributed by atoms with Crippen molar-refractivity contribution in [2.24, 2.45) is 5.92 Å². The van der Waals surface area contributed by atoms with Gasteiger partial charge >= 0.3 is 0 Å². The van der Waals surface area contributed by atoms with Crippen molar-refractivity contribution in [2.45, 2.75) is 24.3 Å². The van der Waals surface area contributed by atoms with E-state index >= 15 is 0 Å². The summed E-state index contributed by atoms with van der Waals surface area (Å²) in [5, 5.41) is 8.81. The van der Waals surface area contributed by atoms with Crippen LogP contribution in [0.2, 0.25) is 0 Å². The Morgan fingerprint density at radius 2 is 2.00 bits per heavy atom. The van der Waals surface area contributed by atoms with Gasteiger partial charge in [0.1, 0.15) is 0 Å². The first-order valence-electron chi connectivity index (χ1n) is 5.14. The molecule has 1 N–H and O–H groups in total. The van der Waals surface area contributed by atoms with Crippen molar-refractivity contribution in [2.75, 3.05) is 6.61 Å². The van der Waals surface area contributed by atoms with Crippen LogP contribution in [0.3, 0.4) is 0 Å². The van der Waals surface area contributed by atoms with Crippen molar-refractivity contribution in [3.05, 3.63) is 29.8 Å². The quantitative estimate of drug-likeness (QED) is 0.802. The highest BCUT2D eigenvalue weighted by molar-refractivity contribution is 7.86. The minimum Gasteiger partial charge on any atom is -0.396 e. The molecule has 88 valence electrons. The molecule has 1 aliphatic carbocycles. The standard InChI is InChI=1S/C11H14O4S/c1-8-2-4-10(5-3-8)16(13,14)15-11-6-9(11)7-12/h2-5,9,11-12H,6-7H2,1H3/t9?,11-/m0/s1. The second kappa shape index (κ2) is 4.16. The van der Waals surface area contributed by atoms with Gasteiger partial charge in [0.15, 0.2) is 0 Å². The molecule has 0 aromatic heterocycles. The van der Waals surface area contributed by atoms with Gasteiger partial charge in [0, 0.05) is 12.5 Å². The predicted octanol–water partition coefficient (Wildman–Crippen LogP) is 1.08. The third kappa shape index (κ3) is 2.42. The lowest BCUT2D eigenvalue weighted by atomic mass is 10.2. The molecule has 0 bridgehead atoms. The van der Waals surface area contributed by atoms with Gasteiger partial charge in [-0.1, -0.05) is 17.7 Å². The molecule has 5 heteroatoms. The smallest absolute Gasteiger partial charge is 0.297 e. The number of aliphatic hydroxyl groups excluding tert-OH is 1. The maximum absolute atomic E-state index is 11.8. The van der Waals surface area contributed by atoms with Crippen LogP contribution in [0.1, 0.15) is 12.0 Å². The van der Waals surface area contributed by atoms with E-state index in [4.69, 9.17) is 9.29 Å². The molecular formula is C11H14O4S. The summed E-state index contributed by atoms with van der Waals surface area (Å²) in [6.07, 6.45) is 0.262. The Morgan fingerprint density at radius 3 is 2.50 bits per heavy atom. The monoisotopic (exact) mass is 242 g/mol. The summed E-state index contributed by atoms with van der Waals surface area (Å²) in [7, 11) is -3.67. The van der Waals surface area contributed by atoms with Gasteiger partial charge in [-0.3, -0.25) is 4.18 Å². The van der Waals surface area contributed by atoms with Crippen molar-refractivity contribution >= 4 is 10.1 Å². The molecule has 4 nitrogen and oxygen atoms in total. The molecule has 0 radical (unpaired) electrons. The highest BCUT2D eigenvalue weighted by Gasteiger charge is 2.41. The Morgan fingerprint density at radius 1 is 1.38 bits per heavy atom. The molecule has 0 spiro atoms. The molecule has 0 saturated heterocycles. The van der Waals surface area contributed by atoms with E-state index in [1.54, 1.807) is 12.1 Å². The van der Waals surface area contributed by atoms with Crippen molar-refractivity contribution < 1.29 is 17.7 Å². The van der Waals surface area contributed by atoms with Crippen LogP contribution in [-0.2, 0) is 14.3 Å². The number of aliphatic hydroxyl groups is 1. The van der Waals surface area contributed by atoms with Crippen LogP contribution >= 0.6 is 0 Å². The first-order chi connectivity index (χ1) is 7.53. The van der Waals surface area contributed by atoms with Crippen LogP contribution < -0.4 is 0 Å². The van der Waals surface area contributed by atoms with Gasteiger partial charge in [-0.15, -0.1) is 0 Å². The Bertz CT molecular complexity index is 463. The van der Waals surface area contributed by atoms with Crippen LogP contribution in [0.25, 0.3) is 0 Å². The molecule has 1 saturated carbocycles. The predicted molar refractivity (Wildman–Crippen MR) is 58.4 cm³/mol. The first kappa shape index (κ1) is 11.6.